The lowest BCUT2D eigenvalue weighted by molar-refractivity contribution is 1.31. The van der Waals surface area contributed by atoms with Gasteiger partial charge in [-0.15, -0.1) is 0 Å². The number of hydrogen-bond acceptors (Lipinski definition) is 1. The molecule has 0 N–H and O–H groups in total. The first kappa shape index (κ1) is 12.1. The van der Waals surface area contributed by atoms with Crippen molar-refractivity contribution in [2.24, 2.45) is 0 Å². The summed E-state index contributed by atoms with van der Waals surface area (Å²) in [6.07, 6.45) is 0. The Bertz CT molecular complexity index is 759. The third-order valence-corrected chi connectivity index (χ3v) is 9.22. The molecule has 2 aromatic carbocycles. The second-order valence-corrected chi connectivity index (χ2v) is 9.62. The van der Waals surface area contributed by atoms with Gasteiger partial charge < -0.3 is 0 Å². The van der Waals surface area contributed by atoms with Crippen molar-refractivity contribution in [3.63, 3.8) is 0 Å². The first-order chi connectivity index (χ1) is 9.84. The van der Waals surface area contributed by atoms with E-state index >= 15 is 0 Å². The van der Waals surface area contributed by atoms with E-state index in [1.807, 2.05) is 11.3 Å². The Morgan fingerprint density at radius 2 is 1.85 bits per heavy atom. The lowest BCUT2D eigenvalue weighted by Crippen LogP contribution is -2.46. The molecule has 4 rings (SSSR count). The quantitative estimate of drug-likeness (QED) is 0.604. The van der Waals surface area contributed by atoms with Crippen LogP contribution in [0.2, 0.25) is 0 Å². The van der Waals surface area contributed by atoms with Crippen LogP contribution in [0, 0.1) is 6.92 Å². The number of hydrogen-bond donors (Lipinski definition) is 0. The van der Waals surface area contributed by atoms with E-state index in [9.17, 15) is 0 Å². The number of fused-ring (bicyclic) bond motifs is 3. The summed E-state index contributed by atoms with van der Waals surface area (Å²) in [6, 6.07) is 21.6. The molecular formula is C18H16SSi. The zero-order chi connectivity index (χ0) is 13.5. The van der Waals surface area contributed by atoms with Gasteiger partial charge in [0.1, 0.15) is 8.80 Å². The molecule has 0 bridgehead atoms. The highest BCUT2D eigenvalue weighted by Crippen LogP contribution is 2.31. The SMILES string of the molecule is Cc1cccc2c1-c1ccccc1[Si@@H](c1cccs1)C2. The molecule has 3 aromatic rings. The average Bonchev–Trinajstić information content (AvgIpc) is 3.00. The van der Waals surface area contributed by atoms with Crippen LogP contribution >= 0.6 is 11.3 Å². The van der Waals surface area contributed by atoms with E-state index in [0.29, 0.717) is 0 Å². The molecule has 0 nitrogen and oxygen atoms in total. The van der Waals surface area contributed by atoms with Gasteiger partial charge in [0.15, 0.2) is 0 Å². The van der Waals surface area contributed by atoms with Crippen LogP contribution in [0.15, 0.2) is 60.0 Å². The van der Waals surface area contributed by atoms with Crippen LogP contribution in [0.4, 0.5) is 0 Å². The summed E-state index contributed by atoms with van der Waals surface area (Å²) < 4.78 is 1.62. The predicted molar refractivity (Wildman–Crippen MR) is 91.1 cm³/mol. The summed E-state index contributed by atoms with van der Waals surface area (Å²) in [5.41, 5.74) is 5.93. The van der Waals surface area contributed by atoms with E-state index in [1.54, 1.807) is 15.3 Å². The summed E-state index contributed by atoms with van der Waals surface area (Å²) in [5.74, 6) is 0. The van der Waals surface area contributed by atoms with Gasteiger partial charge in [0, 0.05) is 0 Å². The van der Waals surface area contributed by atoms with Gasteiger partial charge in [-0.3, -0.25) is 0 Å². The molecule has 0 spiro atoms. The Kier molecular flexibility index (Phi) is 2.86. The van der Waals surface area contributed by atoms with Gasteiger partial charge in [0.25, 0.3) is 0 Å². The highest BCUT2D eigenvalue weighted by molar-refractivity contribution is 7.23. The van der Waals surface area contributed by atoms with Crippen LogP contribution < -0.4 is 9.69 Å². The molecule has 0 saturated heterocycles. The summed E-state index contributed by atoms with van der Waals surface area (Å²) in [7, 11) is -1.07. The minimum atomic E-state index is -1.07. The predicted octanol–water partition coefficient (Wildman–Crippen LogP) is 3.16. The number of benzene rings is 2. The zero-order valence-corrected chi connectivity index (χ0v) is 13.4. The van der Waals surface area contributed by atoms with Crippen LogP contribution in [0.3, 0.4) is 0 Å². The van der Waals surface area contributed by atoms with Gasteiger partial charge in [0.2, 0.25) is 0 Å². The van der Waals surface area contributed by atoms with Crippen LogP contribution in [-0.2, 0) is 6.04 Å². The lowest BCUT2D eigenvalue weighted by Gasteiger charge is -2.27. The van der Waals surface area contributed by atoms with Crippen molar-refractivity contribution in [3.8, 4) is 11.1 Å². The molecular weight excluding hydrogens is 276 g/mol. The van der Waals surface area contributed by atoms with E-state index in [1.165, 1.54) is 22.7 Å². The van der Waals surface area contributed by atoms with Crippen molar-refractivity contribution >= 4 is 29.8 Å². The average molecular weight is 292 g/mol. The van der Waals surface area contributed by atoms with Crippen LogP contribution in [0.25, 0.3) is 11.1 Å². The first-order valence-electron chi connectivity index (χ1n) is 7.06. The molecule has 1 aromatic heterocycles. The van der Waals surface area contributed by atoms with Gasteiger partial charge in [-0.25, -0.2) is 0 Å². The summed E-state index contributed by atoms with van der Waals surface area (Å²) in [4.78, 5) is 0. The molecule has 1 aliphatic heterocycles. The van der Waals surface area contributed by atoms with Crippen molar-refractivity contribution < 1.29 is 0 Å². The topological polar surface area (TPSA) is 0 Å². The molecule has 1 atom stereocenters. The van der Waals surface area contributed by atoms with E-state index in [0.717, 1.165) is 0 Å². The highest BCUT2D eigenvalue weighted by Gasteiger charge is 2.28. The van der Waals surface area contributed by atoms with Crippen LogP contribution in [0.1, 0.15) is 11.1 Å². The monoisotopic (exact) mass is 292 g/mol. The fourth-order valence-electron chi connectivity index (χ4n) is 3.39. The van der Waals surface area contributed by atoms with E-state index in [-0.39, 0.29) is 0 Å². The first-order valence-corrected chi connectivity index (χ1v) is 9.91. The summed E-state index contributed by atoms with van der Waals surface area (Å²) in [6.45, 7) is 2.24. The van der Waals surface area contributed by atoms with Crippen molar-refractivity contribution in [2.45, 2.75) is 13.0 Å². The molecule has 1 aliphatic rings. The Labute approximate surface area is 125 Å². The molecule has 0 unspecified atom stereocenters. The van der Waals surface area contributed by atoms with E-state index in [2.05, 4.69) is 66.9 Å². The maximum absolute atomic E-state index is 2.36. The fraction of sp³-hybridized carbons (Fsp3) is 0.111. The van der Waals surface area contributed by atoms with Crippen molar-refractivity contribution in [1.82, 2.24) is 0 Å². The minimum Gasteiger partial charge on any atom is -0.154 e. The number of rotatable bonds is 1. The minimum absolute atomic E-state index is 1.07. The van der Waals surface area contributed by atoms with Gasteiger partial charge in [-0.05, 0) is 50.3 Å². The fourth-order valence-corrected chi connectivity index (χ4v) is 8.19. The molecule has 20 heavy (non-hydrogen) atoms. The highest BCUT2D eigenvalue weighted by atomic mass is 32.1. The molecule has 2 heteroatoms. The molecule has 2 heterocycles. The number of thiophene rings is 1. The third kappa shape index (κ3) is 1.80. The third-order valence-electron chi connectivity index (χ3n) is 4.28. The number of aryl methyl sites for hydroxylation is 1. The smallest absolute Gasteiger partial charge is 0.120 e. The van der Waals surface area contributed by atoms with Crippen molar-refractivity contribution in [3.05, 3.63) is 71.1 Å². The molecule has 0 saturated carbocycles. The summed E-state index contributed by atoms with van der Waals surface area (Å²) in [5, 5.41) is 3.84. The maximum atomic E-state index is 2.36. The molecule has 0 amide bonds. The Morgan fingerprint density at radius 3 is 2.70 bits per heavy atom. The Morgan fingerprint density at radius 1 is 0.950 bits per heavy atom. The molecule has 0 radical (unpaired) electrons. The molecule has 98 valence electrons. The van der Waals surface area contributed by atoms with Crippen LogP contribution in [0.5, 0.6) is 0 Å². The van der Waals surface area contributed by atoms with Gasteiger partial charge >= 0.3 is 0 Å². The largest absolute Gasteiger partial charge is 0.154 e. The van der Waals surface area contributed by atoms with E-state index < -0.39 is 8.80 Å². The van der Waals surface area contributed by atoms with Crippen molar-refractivity contribution in [1.29, 1.82) is 0 Å². The standard InChI is InChI=1S/C18H16SSi/c1-13-6-4-7-14-12-20(17-10-5-11-19-17)16-9-3-2-8-15(16)18(13)14/h2-11,20H,12H2,1H3/t20-/m0/s1. The van der Waals surface area contributed by atoms with Gasteiger partial charge in [0.05, 0.1) is 0 Å². The molecule has 0 fully saturated rings. The second-order valence-electron chi connectivity index (χ2n) is 5.47. The zero-order valence-electron chi connectivity index (χ0n) is 11.5. The van der Waals surface area contributed by atoms with Crippen LogP contribution in [-0.4, -0.2) is 8.80 Å². The Balaban J connectivity index is 1.98. The molecule has 0 aliphatic carbocycles. The second kappa shape index (κ2) is 4.72. The van der Waals surface area contributed by atoms with Gasteiger partial charge in [-0.2, -0.15) is 11.3 Å². The summed E-state index contributed by atoms with van der Waals surface area (Å²) >= 11 is 1.93. The van der Waals surface area contributed by atoms with Gasteiger partial charge in [-0.1, -0.05) is 54.6 Å². The van der Waals surface area contributed by atoms with Crippen molar-refractivity contribution in [2.75, 3.05) is 0 Å². The Hall–Kier alpha value is -1.64. The van der Waals surface area contributed by atoms with E-state index in [4.69, 9.17) is 0 Å². The normalized spacial score (nSPS) is 16.6. The maximum Gasteiger partial charge on any atom is 0.120 e. The lowest BCUT2D eigenvalue weighted by atomic mass is 9.95.